The normalized spacial score (nSPS) is 17.4. The predicted molar refractivity (Wildman–Crippen MR) is 63.1 cm³/mol. The Labute approximate surface area is 95.8 Å². The van der Waals surface area contributed by atoms with E-state index in [1.165, 1.54) is 0 Å². The molecule has 1 aliphatic heterocycles. The molecular formula is C9H13N5OS. The van der Waals surface area contributed by atoms with Crippen molar-refractivity contribution in [1.29, 1.82) is 5.41 Å². The van der Waals surface area contributed by atoms with Gasteiger partial charge in [-0.1, -0.05) is 0 Å². The van der Waals surface area contributed by atoms with Gasteiger partial charge in [0.2, 0.25) is 5.95 Å². The summed E-state index contributed by atoms with van der Waals surface area (Å²) in [7, 11) is -0.713. The number of hydrogen-bond donors (Lipinski definition) is 2. The maximum Gasteiger partial charge on any atom is 0.226 e. The van der Waals surface area contributed by atoms with E-state index in [4.69, 9.17) is 11.1 Å². The molecule has 3 N–H and O–H groups in total. The highest BCUT2D eigenvalue weighted by Gasteiger charge is 2.17. The Kier molecular flexibility index (Phi) is 3.14. The highest BCUT2D eigenvalue weighted by atomic mass is 32.2. The highest BCUT2D eigenvalue weighted by Crippen LogP contribution is 2.10. The Morgan fingerprint density at radius 2 is 2.19 bits per heavy atom. The molecule has 1 fully saturated rings. The summed E-state index contributed by atoms with van der Waals surface area (Å²) in [5, 5.41) is 7.30. The lowest BCUT2D eigenvalue weighted by Gasteiger charge is -2.26. The Hall–Kier alpha value is -1.50. The summed E-state index contributed by atoms with van der Waals surface area (Å²) in [6.07, 6.45) is 1.59. The van der Waals surface area contributed by atoms with Crippen molar-refractivity contribution in [1.82, 2.24) is 9.97 Å². The van der Waals surface area contributed by atoms with Gasteiger partial charge in [-0.15, -0.1) is 0 Å². The van der Waals surface area contributed by atoms with Gasteiger partial charge in [0.1, 0.15) is 11.5 Å². The van der Waals surface area contributed by atoms with Crippen molar-refractivity contribution >= 4 is 22.6 Å². The van der Waals surface area contributed by atoms with Crippen LogP contribution in [0.25, 0.3) is 0 Å². The quantitative estimate of drug-likeness (QED) is 0.527. The molecule has 6 nitrogen and oxygen atoms in total. The van der Waals surface area contributed by atoms with Crippen molar-refractivity contribution in [3.8, 4) is 0 Å². The van der Waals surface area contributed by atoms with Gasteiger partial charge >= 0.3 is 0 Å². The largest absolute Gasteiger partial charge is 0.382 e. The van der Waals surface area contributed by atoms with Crippen molar-refractivity contribution in [2.24, 2.45) is 5.73 Å². The molecule has 86 valence electrons. The maximum atomic E-state index is 11.2. The van der Waals surface area contributed by atoms with Crippen LogP contribution in [-0.4, -0.2) is 44.6 Å². The summed E-state index contributed by atoms with van der Waals surface area (Å²) in [5.41, 5.74) is 5.79. The first kappa shape index (κ1) is 11.0. The first-order valence-corrected chi connectivity index (χ1v) is 6.43. The molecule has 0 aromatic carbocycles. The summed E-state index contributed by atoms with van der Waals surface area (Å²) in [6, 6.07) is 1.61. The van der Waals surface area contributed by atoms with Gasteiger partial charge in [-0.05, 0) is 6.07 Å². The van der Waals surface area contributed by atoms with E-state index in [9.17, 15) is 4.21 Å². The lowest BCUT2D eigenvalue weighted by molar-refractivity contribution is 0.671. The zero-order valence-corrected chi connectivity index (χ0v) is 9.54. The summed E-state index contributed by atoms with van der Waals surface area (Å²) >= 11 is 0. The van der Waals surface area contributed by atoms with Crippen LogP contribution in [0.5, 0.6) is 0 Å². The van der Waals surface area contributed by atoms with Crippen molar-refractivity contribution in [2.75, 3.05) is 29.5 Å². The van der Waals surface area contributed by atoms with Crippen molar-refractivity contribution < 1.29 is 4.21 Å². The van der Waals surface area contributed by atoms with E-state index in [2.05, 4.69) is 9.97 Å². The molecule has 16 heavy (non-hydrogen) atoms. The first-order valence-electron chi connectivity index (χ1n) is 4.94. The van der Waals surface area contributed by atoms with Crippen molar-refractivity contribution in [3.05, 3.63) is 18.0 Å². The molecular weight excluding hydrogens is 226 g/mol. The second-order valence-corrected chi connectivity index (χ2v) is 5.19. The van der Waals surface area contributed by atoms with Gasteiger partial charge in [0.15, 0.2) is 0 Å². The maximum absolute atomic E-state index is 11.2. The summed E-state index contributed by atoms with van der Waals surface area (Å²) in [4.78, 5) is 10.3. The van der Waals surface area contributed by atoms with Gasteiger partial charge < -0.3 is 10.6 Å². The Morgan fingerprint density at radius 3 is 2.81 bits per heavy atom. The van der Waals surface area contributed by atoms with E-state index in [1.54, 1.807) is 12.3 Å². The number of nitrogen functional groups attached to an aromatic ring is 1. The van der Waals surface area contributed by atoms with Gasteiger partial charge in [-0.25, -0.2) is 9.97 Å². The number of nitrogens with one attached hydrogen (secondary N) is 1. The molecule has 1 aliphatic rings. The van der Waals surface area contributed by atoms with Crippen LogP contribution in [0.1, 0.15) is 5.69 Å². The number of rotatable bonds is 2. The smallest absolute Gasteiger partial charge is 0.226 e. The topological polar surface area (TPSA) is 96.0 Å². The molecule has 0 unspecified atom stereocenters. The fourth-order valence-electron chi connectivity index (χ4n) is 1.49. The molecule has 0 spiro atoms. The number of aromatic nitrogens is 2. The van der Waals surface area contributed by atoms with Crippen LogP contribution >= 0.6 is 0 Å². The van der Waals surface area contributed by atoms with Crippen LogP contribution in [0.3, 0.4) is 0 Å². The molecule has 2 rings (SSSR count). The molecule has 7 heteroatoms. The van der Waals surface area contributed by atoms with Crippen LogP contribution in [0, 0.1) is 5.41 Å². The average Bonchev–Trinajstić information content (AvgIpc) is 2.30. The fraction of sp³-hybridized carbons (Fsp3) is 0.444. The van der Waals surface area contributed by atoms with Crippen molar-refractivity contribution in [3.63, 3.8) is 0 Å². The zero-order valence-electron chi connectivity index (χ0n) is 8.72. The molecule has 1 saturated heterocycles. The first-order chi connectivity index (χ1) is 7.66. The predicted octanol–water partition coefficient (Wildman–Crippen LogP) is -0.671. The van der Waals surface area contributed by atoms with Crippen LogP contribution in [0.2, 0.25) is 0 Å². The van der Waals surface area contributed by atoms with Gasteiger partial charge in [-0.2, -0.15) is 0 Å². The number of nitrogens with two attached hydrogens (primary N) is 1. The van der Waals surface area contributed by atoms with Crippen LogP contribution < -0.4 is 10.6 Å². The minimum absolute atomic E-state index is 0.0655. The fourth-order valence-corrected chi connectivity index (χ4v) is 2.54. The van der Waals surface area contributed by atoms with Crippen LogP contribution in [-0.2, 0) is 10.8 Å². The molecule has 0 amide bonds. The zero-order chi connectivity index (χ0) is 11.5. The minimum Gasteiger partial charge on any atom is -0.382 e. The van der Waals surface area contributed by atoms with Crippen LogP contribution in [0.4, 0.5) is 5.95 Å². The SMILES string of the molecule is N=C(N)c1ccnc(N2CCS(=O)CC2)n1. The second kappa shape index (κ2) is 4.56. The second-order valence-electron chi connectivity index (χ2n) is 3.49. The summed E-state index contributed by atoms with van der Waals surface area (Å²) in [6.45, 7) is 1.38. The molecule has 0 radical (unpaired) electrons. The van der Waals surface area contributed by atoms with Gasteiger partial charge in [-0.3, -0.25) is 9.62 Å². The van der Waals surface area contributed by atoms with E-state index in [1.807, 2.05) is 4.90 Å². The third-order valence-electron chi connectivity index (χ3n) is 2.38. The Balaban J connectivity index is 2.17. The Morgan fingerprint density at radius 1 is 1.50 bits per heavy atom. The van der Waals surface area contributed by atoms with E-state index in [0.29, 0.717) is 36.2 Å². The average molecular weight is 239 g/mol. The lowest BCUT2D eigenvalue weighted by atomic mass is 10.4. The number of nitrogens with zero attached hydrogens (tertiary/aromatic N) is 3. The van der Waals surface area contributed by atoms with E-state index < -0.39 is 10.8 Å². The molecule has 1 aromatic rings. The molecule has 0 saturated carbocycles. The minimum atomic E-state index is -0.713. The number of amidine groups is 1. The third kappa shape index (κ3) is 2.35. The van der Waals surface area contributed by atoms with Crippen LogP contribution in [0.15, 0.2) is 12.3 Å². The van der Waals surface area contributed by atoms with E-state index in [0.717, 1.165) is 0 Å². The van der Waals surface area contributed by atoms with Gasteiger partial charge in [0.05, 0.1) is 0 Å². The lowest BCUT2D eigenvalue weighted by Crippen LogP contribution is -2.39. The summed E-state index contributed by atoms with van der Waals surface area (Å²) in [5.74, 6) is 1.79. The molecule has 2 heterocycles. The highest BCUT2D eigenvalue weighted by molar-refractivity contribution is 7.85. The van der Waals surface area contributed by atoms with Crippen molar-refractivity contribution in [2.45, 2.75) is 0 Å². The standard InChI is InChI=1S/C9H13N5OS/c10-8(11)7-1-2-12-9(13-7)14-3-5-16(15)6-4-14/h1-2H,3-6H2,(H3,10,11). The number of hydrogen-bond acceptors (Lipinski definition) is 5. The monoisotopic (exact) mass is 239 g/mol. The molecule has 0 bridgehead atoms. The molecule has 1 aromatic heterocycles. The van der Waals surface area contributed by atoms with E-state index in [-0.39, 0.29) is 5.84 Å². The van der Waals surface area contributed by atoms with Gasteiger partial charge in [0.25, 0.3) is 0 Å². The molecule has 0 atom stereocenters. The Bertz CT molecular complexity index is 426. The molecule has 0 aliphatic carbocycles. The summed E-state index contributed by atoms with van der Waals surface area (Å²) < 4.78 is 11.2. The van der Waals surface area contributed by atoms with Gasteiger partial charge in [0, 0.05) is 41.6 Å². The van der Waals surface area contributed by atoms with E-state index >= 15 is 0 Å². The number of anilines is 1. The third-order valence-corrected chi connectivity index (χ3v) is 3.66.